The second-order valence-corrected chi connectivity index (χ2v) is 3.52. The van der Waals surface area contributed by atoms with E-state index >= 15 is 0 Å². The van der Waals surface area contributed by atoms with Crippen LogP contribution in [0.2, 0.25) is 0 Å². The molecule has 0 aromatic heterocycles. The van der Waals surface area contributed by atoms with Crippen molar-refractivity contribution in [3.05, 3.63) is 29.1 Å². The number of β-amino-alcohol motifs (C(OH)–C–C–N with tert-alkyl or cyclic N) is 1. The summed E-state index contributed by atoms with van der Waals surface area (Å²) in [6, 6.07) is 3.41. The third kappa shape index (κ3) is 1.52. The molecule has 2 nitrogen and oxygen atoms in total. The van der Waals surface area contributed by atoms with E-state index in [9.17, 15) is 9.50 Å². The molecule has 1 unspecified atom stereocenters. The van der Waals surface area contributed by atoms with Crippen LogP contribution in [0.5, 0.6) is 0 Å². The smallest absolute Gasteiger partial charge is 0.146 e. The fraction of sp³-hybridized carbons (Fsp3) is 0.400. The Bertz CT molecular complexity index is 338. The molecule has 0 spiro atoms. The maximum atomic E-state index is 13.3. The highest BCUT2D eigenvalue weighted by Crippen LogP contribution is 2.26. The molecule has 0 saturated carbocycles. The van der Waals surface area contributed by atoms with Crippen LogP contribution in [0, 0.1) is 12.7 Å². The molecule has 70 valence electrons. The van der Waals surface area contributed by atoms with Gasteiger partial charge in [0.1, 0.15) is 5.82 Å². The lowest BCUT2D eigenvalue weighted by atomic mass is 9.99. The maximum absolute atomic E-state index is 13.3. The molecule has 13 heavy (non-hydrogen) atoms. The first-order chi connectivity index (χ1) is 6.16. The van der Waals surface area contributed by atoms with Gasteiger partial charge in [0, 0.05) is 13.0 Å². The molecule has 0 amide bonds. The Balaban J connectivity index is 2.47. The molecule has 1 aliphatic rings. The number of aryl methyl sites for hydroxylation is 1. The predicted octanol–water partition coefficient (Wildman–Crippen LogP) is 1.46. The molecule has 3 heteroatoms. The fourth-order valence-corrected chi connectivity index (χ4v) is 1.72. The number of anilines is 1. The van der Waals surface area contributed by atoms with E-state index in [0.717, 1.165) is 11.1 Å². The van der Waals surface area contributed by atoms with E-state index in [1.54, 1.807) is 0 Å². The number of fused-ring (bicyclic) bond motifs is 1. The molecule has 0 fully saturated rings. The Morgan fingerprint density at radius 3 is 3.08 bits per heavy atom. The first kappa shape index (κ1) is 8.51. The van der Waals surface area contributed by atoms with Crippen LogP contribution in [0.25, 0.3) is 0 Å². The lowest BCUT2D eigenvalue weighted by molar-refractivity contribution is 0.184. The minimum atomic E-state index is -0.395. The molecule has 2 N–H and O–H groups in total. The van der Waals surface area contributed by atoms with Crippen molar-refractivity contribution in [3.63, 3.8) is 0 Å². The zero-order valence-electron chi connectivity index (χ0n) is 7.47. The zero-order chi connectivity index (χ0) is 9.42. The summed E-state index contributed by atoms with van der Waals surface area (Å²) in [6.07, 6.45) is 0.148. The maximum Gasteiger partial charge on any atom is 0.146 e. The number of aliphatic hydroxyl groups excluding tert-OH is 1. The molecular formula is C10H12FNO. The van der Waals surface area contributed by atoms with Gasteiger partial charge in [-0.15, -0.1) is 0 Å². The van der Waals surface area contributed by atoms with Crippen LogP contribution in [0.4, 0.5) is 10.1 Å². The van der Waals surface area contributed by atoms with Gasteiger partial charge in [-0.1, -0.05) is 6.07 Å². The van der Waals surface area contributed by atoms with E-state index in [4.69, 9.17) is 0 Å². The van der Waals surface area contributed by atoms with Gasteiger partial charge in [0.25, 0.3) is 0 Å². The second kappa shape index (κ2) is 3.00. The van der Waals surface area contributed by atoms with Gasteiger partial charge in [-0.05, 0) is 24.1 Å². The number of hydrogen-bond donors (Lipinski definition) is 2. The average molecular weight is 181 g/mol. The minimum Gasteiger partial charge on any atom is -0.391 e. The van der Waals surface area contributed by atoms with Crippen molar-refractivity contribution in [1.29, 1.82) is 0 Å². The first-order valence-corrected chi connectivity index (χ1v) is 4.38. The summed E-state index contributed by atoms with van der Waals surface area (Å²) in [5.74, 6) is -0.220. The van der Waals surface area contributed by atoms with Crippen molar-refractivity contribution in [2.45, 2.75) is 19.4 Å². The third-order valence-electron chi connectivity index (χ3n) is 2.29. The summed E-state index contributed by atoms with van der Waals surface area (Å²) in [5, 5.41) is 12.2. The number of aliphatic hydroxyl groups is 1. The largest absolute Gasteiger partial charge is 0.391 e. The SMILES string of the molecule is Cc1cc(F)c2c(c1)CC(O)CN2. The quantitative estimate of drug-likeness (QED) is 0.635. The monoisotopic (exact) mass is 181 g/mol. The highest BCUT2D eigenvalue weighted by Gasteiger charge is 2.18. The van der Waals surface area contributed by atoms with Gasteiger partial charge in [-0.3, -0.25) is 0 Å². The standard InChI is InChI=1S/C10H12FNO/c1-6-2-7-4-8(13)5-12-10(7)9(11)3-6/h2-3,8,12-13H,4-5H2,1H3. The van der Waals surface area contributed by atoms with Crippen molar-refractivity contribution in [3.8, 4) is 0 Å². The van der Waals surface area contributed by atoms with Gasteiger partial charge in [0.05, 0.1) is 11.8 Å². The van der Waals surface area contributed by atoms with Crippen LogP contribution >= 0.6 is 0 Å². The molecule has 0 saturated heterocycles. The fourth-order valence-electron chi connectivity index (χ4n) is 1.72. The zero-order valence-corrected chi connectivity index (χ0v) is 7.47. The third-order valence-corrected chi connectivity index (χ3v) is 2.29. The molecule has 1 heterocycles. The number of rotatable bonds is 0. The van der Waals surface area contributed by atoms with Crippen molar-refractivity contribution in [2.75, 3.05) is 11.9 Å². The summed E-state index contributed by atoms with van der Waals surface area (Å²) in [4.78, 5) is 0. The molecule has 1 aliphatic heterocycles. The Morgan fingerprint density at radius 1 is 1.54 bits per heavy atom. The lowest BCUT2D eigenvalue weighted by Gasteiger charge is -2.23. The summed E-state index contributed by atoms with van der Waals surface area (Å²) >= 11 is 0. The van der Waals surface area contributed by atoms with Gasteiger partial charge in [-0.25, -0.2) is 4.39 Å². The van der Waals surface area contributed by atoms with Crippen LogP contribution in [0.15, 0.2) is 12.1 Å². The van der Waals surface area contributed by atoms with E-state index in [-0.39, 0.29) is 5.82 Å². The highest BCUT2D eigenvalue weighted by atomic mass is 19.1. The van der Waals surface area contributed by atoms with Crippen LogP contribution < -0.4 is 5.32 Å². The normalized spacial score (nSPS) is 20.7. The van der Waals surface area contributed by atoms with Gasteiger partial charge in [-0.2, -0.15) is 0 Å². The number of benzene rings is 1. The van der Waals surface area contributed by atoms with Gasteiger partial charge < -0.3 is 10.4 Å². The van der Waals surface area contributed by atoms with Gasteiger partial charge in [0.15, 0.2) is 0 Å². The van der Waals surface area contributed by atoms with Crippen molar-refractivity contribution >= 4 is 5.69 Å². The van der Waals surface area contributed by atoms with E-state index in [0.29, 0.717) is 18.7 Å². The number of hydrogen-bond acceptors (Lipinski definition) is 2. The summed E-state index contributed by atoms with van der Waals surface area (Å²) in [6.45, 7) is 2.29. The summed E-state index contributed by atoms with van der Waals surface area (Å²) < 4.78 is 13.3. The molecule has 1 atom stereocenters. The molecule has 1 aromatic carbocycles. The van der Waals surface area contributed by atoms with Crippen molar-refractivity contribution in [1.82, 2.24) is 0 Å². The molecule has 0 aliphatic carbocycles. The topological polar surface area (TPSA) is 32.3 Å². The summed E-state index contributed by atoms with van der Waals surface area (Å²) in [5.41, 5.74) is 2.32. The Kier molecular flexibility index (Phi) is 1.96. The predicted molar refractivity (Wildman–Crippen MR) is 49.3 cm³/mol. The molecule has 0 radical (unpaired) electrons. The van der Waals surface area contributed by atoms with Crippen molar-refractivity contribution < 1.29 is 9.50 Å². The van der Waals surface area contributed by atoms with Crippen molar-refractivity contribution in [2.24, 2.45) is 0 Å². The number of nitrogens with one attached hydrogen (secondary N) is 1. The average Bonchev–Trinajstić information content (AvgIpc) is 2.02. The van der Waals surface area contributed by atoms with Crippen LogP contribution in [-0.4, -0.2) is 17.8 Å². The van der Waals surface area contributed by atoms with Crippen LogP contribution in [0.1, 0.15) is 11.1 Å². The van der Waals surface area contributed by atoms with E-state index in [1.807, 2.05) is 13.0 Å². The number of halogens is 1. The second-order valence-electron chi connectivity index (χ2n) is 3.52. The lowest BCUT2D eigenvalue weighted by Crippen LogP contribution is -2.28. The van der Waals surface area contributed by atoms with E-state index in [1.165, 1.54) is 6.07 Å². The highest BCUT2D eigenvalue weighted by molar-refractivity contribution is 5.56. The van der Waals surface area contributed by atoms with E-state index in [2.05, 4.69) is 5.32 Å². The Labute approximate surface area is 76.4 Å². The first-order valence-electron chi connectivity index (χ1n) is 4.38. The minimum absolute atomic E-state index is 0.220. The molecule has 1 aromatic rings. The Morgan fingerprint density at radius 2 is 2.31 bits per heavy atom. The van der Waals surface area contributed by atoms with Crippen LogP contribution in [-0.2, 0) is 6.42 Å². The molecular weight excluding hydrogens is 169 g/mol. The van der Waals surface area contributed by atoms with Crippen LogP contribution in [0.3, 0.4) is 0 Å². The molecule has 2 rings (SSSR count). The van der Waals surface area contributed by atoms with E-state index < -0.39 is 6.10 Å². The summed E-state index contributed by atoms with van der Waals surface area (Å²) in [7, 11) is 0. The molecule has 0 bridgehead atoms. The van der Waals surface area contributed by atoms with Gasteiger partial charge in [0.2, 0.25) is 0 Å². The van der Waals surface area contributed by atoms with Gasteiger partial charge >= 0.3 is 0 Å². The Hall–Kier alpha value is -1.09.